The highest BCUT2D eigenvalue weighted by Gasteiger charge is 2.65. The standard InChI is InChI=1S/C20H16F5N2OPS/c1-3-29(4-2)17-9-5-15(6-10-17)19-20(27-14-13-26-19)28-16-7-11-18(12-8-16)30(21,22,23,24)25/h3-14H,1-2H2. The van der Waals surface area contributed by atoms with Crippen LogP contribution in [0.1, 0.15) is 0 Å². The van der Waals surface area contributed by atoms with Crippen molar-refractivity contribution in [2.75, 3.05) is 0 Å². The van der Waals surface area contributed by atoms with E-state index in [0.717, 1.165) is 17.4 Å². The van der Waals surface area contributed by atoms with E-state index < -0.39 is 23.0 Å². The monoisotopic (exact) mass is 458 g/mol. The van der Waals surface area contributed by atoms with Gasteiger partial charge in [-0.15, -0.1) is 0 Å². The molecule has 2 aromatic carbocycles. The van der Waals surface area contributed by atoms with Crippen molar-refractivity contribution in [2.45, 2.75) is 4.90 Å². The molecule has 0 aliphatic rings. The molecular formula is C20H16F5N2OPS. The van der Waals surface area contributed by atoms with Gasteiger partial charge in [-0.05, 0) is 37.5 Å². The van der Waals surface area contributed by atoms with E-state index in [0.29, 0.717) is 11.3 Å². The van der Waals surface area contributed by atoms with Gasteiger partial charge in [0.05, 0.1) is 0 Å². The predicted molar refractivity (Wildman–Crippen MR) is 112 cm³/mol. The number of aromatic nitrogens is 2. The second-order valence-corrected chi connectivity index (χ2v) is 10.5. The quantitative estimate of drug-likeness (QED) is 0.266. The fraction of sp³-hybridized carbons (Fsp3) is 0. The molecule has 10 heteroatoms. The van der Waals surface area contributed by atoms with Crippen LogP contribution in [0.4, 0.5) is 19.4 Å². The third kappa shape index (κ3) is 5.04. The zero-order chi connectivity index (χ0) is 22.1. The Balaban J connectivity index is 1.90. The van der Waals surface area contributed by atoms with Crippen molar-refractivity contribution in [2.24, 2.45) is 0 Å². The summed E-state index contributed by atoms with van der Waals surface area (Å²) >= 11 is 0. The summed E-state index contributed by atoms with van der Waals surface area (Å²) < 4.78 is 69.8. The molecule has 30 heavy (non-hydrogen) atoms. The van der Waals surface area contributed by atoms with Crippen LogP contribution in [0.3, 0.4) is 0 Å². The highest BCUT2D eigenvalue weighted by Crippen LogP contribution is 3.02. The summed E-state index contributed by atoms with van der Waals surface area (Å²) in [4.78, 5) is 6.30. The Labute approximate surface area is 171 Å². The van der Waals surface area contributed by atoms with Crippen LogP contribution in [0.5, 0.6) is 11.6 Å². The second-order valence-electron chi connectivity index (χ2n) is 6.07. The van der Waals surface area contributed by atoms with Crippen LogP contribution in [0.25, 0.3) is 11.3 Å². The molecule has 0 amide bonds. The van der Waals surface area contributed by atoms with E-state index in [1.807, 2.05) is 23.8 Å². The van der Waals surface area contributed by atoms with Gasteiger partial charge in [0.25, 0.3) is 0 Å². The highest BCUT2D eigenvalue weighted by atomic mass is 32.5. The molecule has 158 valence electrons. The van der Waals surface area contributed by atoms with E-state index in [4.69, 9.17) is 4.74 Å². The van der Waals surface area contributed by atoms with Gasteiger partial charge in [-0.25, -0.2) is 9.97 Å². The Bertz CT molecular complexity index is 1080. The first kappa shape index (κ1) is 21.9. The summed E-state index contributed by atoms with van der Waals surface area (Å²) in [6.07, 6.45) is 2.79. The second kappa shape index (κ2) is 7.18. The molecule has 1 heterocycles. The Morgan fingerprint density at radius 1 is 0.800 bits per heavy atom. The predicted octanol–water partition coefficient (Wildman–Crippen LogP) is 7.99. The van der Waals surface area contributed by atoms with Crippen molar-refractivity contribution in [1.82, 2.24) is 9.97 Å². The van der Waals surface area contributed by atoms with Gasteiger partial charge in [0.2, 0.25) is 5.88 Å². The molecule has 0 saturated carbocycles. The minimum absolute atomic E-state index is 0.0278. The van der Waals surface area contributed by atoms with Crippen molar-refractivity contribution in [1.29, 1.82) is 0 Å². The molecule has 0 aliphatic heterocycles. The first-order chi connectivity index (χ1) is 13.9. The Hall–Kier alpha value is -2.77. The molecule has 0 fully saturated rings. The van der Waals surface area contributed by atoms with Crippen molar-refractivity contribution in [3.63, 3.8) is 0 Å². The van der Waals surface area contributed by atoms with Crippen LogP contribution in [0, 0.1) is 0 Å². The minimum Gasteiger partial charge on any atom is -0.437 e. The van der Waals surface area contributed by atoms with Crippen LogP contribution in [-0.4, -0.2) is 9.97 Å². The summed E-state index contributed by atoms with van der Waals surface area (Å²) in [6, 6.07) is 9.56. The lowest BCUT2D eigenvalue weighted by Crippen LogP contribution is -2.05. The van der Waals surface area contributed by atoms with E-state index in [9.17, 15) is 19.4 Å². The van der Waals surface area contributed by atoms with Gasteiger partial charge in [0.1, 0.15) is 16.3 Å². The zero-order valence-corrected chi connectivity index (χ0v) is 17.1. The molecule has 0 saturated heterocycles. The third-order valence-electron chi connectivity index (χ3n) is 3.98. The normalized spacial score (nSPS) is 13.9. The molecule has 0 unspecified atom stereocenters. The summed E-state index contributed by atoms with van der Waals surface area (Å²) in [6.45, 7) is 7.56. The van der Waals surface area contributed by atoms with Crippen molar-refractivity contribution in [3.05, 3.63) is 85.7 Å². The third-order valence-corrected chi connectivity index (χ3v) is 6.82. The van der Waals surface area contributed by atoms with E-state index in [1.165, 1.54) is 12.4 Å². The average molecular weight is 458 g/mol. The smallest absolute Gasteiger partial charge is 0.310 e. The number of nitrogens with zero attached hydrogens (tertiary/aromatic N) is 2. The first-order valence-corrected chi connectivity index (χ1v) is 11.8. The maximum absolute atomic E-state index is 12.9. The van der Waals surface area contributed by atoms with Crippen LogP contribution in [0.2, 0.25) is 0 Å². The summed E-state index contributed by atoms with van der Waals surface area (Å²) in [5.74, 6) is 3.56. The van der Waals surface area contributed by atoms with Gasteiger partial charge in [-0.1, -0.05) is 68.5 Å². The number of hydrogen-bond donors (Lipinski definition) is 0. The molecule has 0 N–H and O–H groups in total. The summed E-state index contributed by atoms with van der Waals surface area (Å²) in [7, 11) is -10.4. The van der Waals surface area contributed by atoms with Crippen LogP contribution in [0.15, 0.2) is 90.6 Å². The topological polar surface area (TPSA) is 35.0 Å². The van der Waals surface area contributed by atoms with E-state index in [1.54, 1.807) is 12.1 Å². The Morgan fingerprint density at radius 2 is 1.37 bits per heavy atom. The number of hydrogen-bond acceptors (Lipinski definition) is 3. The van der Waals surface area contributed by atoms with Gasteiger partial charge in [0.15, 0.2) is 0 Å². The summed E-state index contributed by atoms with van der Waals surface area (Å²) in [5, 5.41) is 1.02. The maximum atomic E-state index is 12.9. The largest absolute Gasteiger partial charge is 0.437 e. The molecule has 1 aromatic heterocycles. The first-order valence-electron chi connectivity index (χ1n) is 8.38. The average Bonchev–Trinajstić information content (AvgIpc) is 2.69. The lowest BCUT2D eigenvalue weighted by molar-refractivity contribution is 0.363. The molecule has 0 aliphatic carbocycles. The molecule has 0 spiro atoms. The molecular weight excluding hydrogens is 442 g/mol. The van der Waals surface area contributed by atoms with Crippen LogP contribution >= 0.6 is 18.1 Å². The fourth-order valence-electron chi connectivity index (χ4n) is 2.55. The zero-order valence-electron chi connectivity index (χ0n) is 15.4. The number of benzene rings is 2. The fourth-order valence-corrected chi connectivity index (χ4v) is 4.27. The SMILES string of the molecule is C=CP(C=C)c1ccc(-c2nccnc2Oc2ccc(S(F)(F)(F)(F)F)cc2)cc1. The molecule has 3 aromatic rings. The van der Waals surface area contributed by atoms with Gasteiger partial charge in [-0.2, -0.15) is 0 Å². The van der Waals surface area contributed by atoms with Gasteiger partial charge < -0.3 is 4.74 Å². The maximum Gasteiger partial charge on any atom is 0.310 e. The highest BCUT2D eigenvalue weighted by molar-refractivity contribution is 8.45. The molecule has 3 nitrogen and oxygen atoms in total. The summed E-state index contributed by atoms with van der Waals surface area (Å²) in [5.41, 5.74) is 1.01. The van der Waals surface area contributed by atoms with Crippen molar-refractivity contribution < 1.29 is 24.2 Å². The number of halogens is 5. The van der Waals surface area contributed by atoms with Crippen molar-refractivity contribution >= 4 is 23.5 Å². The molecule has 0 radical (unpaired) electrons. The lowest BCUT2D eigenvalue weighted by atomic mass is 10.1. The molecule has 0 bridgehead atoms. The van der Waals surface area contributed by atoms with E-state index >= 15 is 0 Å². The van der Waals surface area contributed by atoms with E-state index in [2.05, 4.69) is 23.1 Å². The van der Waals surface area contributed by atoms with Gasteiger partial charge in [0, 0.05) is 18.0 Å². The number of rotatable bonds is 7. The van der Waals surface area contributed by atoms with Crippen LogP contribution in [-0.2, 0) is 0 Å². The van der Waals surface area contributed by atoms with E-state index in [-0.39, 0.29) is 23.8 Å². The molecule has 0 atom stereocenters. The number of ether oxygens (including phenoxy) is 1. The van der Waals surface area contributed by atoms with Gasteiger partial charge >= 0.3 is 10.2 Å². The van der Waals surface area contributed by atoms with Crippen molar-refractivity contribution in [3.8, 4) is 22.9 Å². The van der Waals surface area contributed by atoms with Crippen LogP contribution < -0.4 is 10.0 Å². The molecule has 3 rings (SSSR count). The minimum atomic E-state index is -9.74. The Morgan fingerprint density at radius 3 is 1.90 bits per heavy atom. The van der Waals surface area contributed by atoms with Gasteiger partial charge in [-0.3, -0.25) is 0 Å². The Kier molecular flexibility index (Phi) is 5.25. The lowest BCUT2D eigenvalue weighted by Gasteiger charge is -2.40.